The van der Waals surface area contributed by atoms with Crippen molar-refractivity contribution >= 4 is 35.1 Å². The lowest BCUT2D eigenvalue weighted by atomic mass is 9.76. The zero-order valence-corrected chi connectivity index (χ0v) is 19.2. The molecular weight excluding hydrogens is 444 g/mol. The van der Waals surface area contributed by atoms with Gasteiger partial charge in [-0.25, -0.2) is 5.01 Å². The first-order valence-corrected chi connectivity index (χ1v) is 11.3. The molecule has 1 aliphatic carbocycles. The molecule has 2 fully saturated rings. The molecule has 7 nitrogen and oxygen atoms in total. The molecule has 4 rings (SSSR count). The molecular formula is C25H25ClN2O5. The van der Waals surface area contributed by atoms with Crippen molar-refractivity contribution in [2.75, 3.05) is 13.7 Å². The van der Waals surface area contributed by atoms with E-state index < -0.39 is 41.9 Å². The van der Waals surface area contributed by atoms with Gasteiger partial charge in [-0.2, -0.15) is 5.01 Å². The minimum atomic E-state index is -0.615. The summed E-state index contributed by atoms with van der Waals surface area (Å²) in [5.74, 6) is -1.98. The van der Waals surface area contributed by atoms with Crippen LogP contribution >= 0.6 is 11.6 Å². The van der Waals surface area contributed by atoms with Gasteiger partial charge in [0.05, 0.1) is 18.9 Å². The quantitative estimate of drug-likeness (QED) is 0.472. The summed E-state index contributed by atoms with van der Waals surface area (Å²) in [7, 11) is 1.49. The summed E-state index contributed by atoms with van der Waals surface area (Å²) in [5, 5.41) is 2.33. The van der Waals surface area contributed by atoms with Crippen LogP contribution in [0.3, 0.4) is 0 Å². The minimum Gasteiger partial charge on any atom is -0.497 e. The van der Waals surface area contributed by atoms with Crippen molar-refractivity contribution in [3.63, 3.8) is 0 Å². The van der Waals surface area contributed by atoms with Gasteiger partial charge < -0.3 is 4.74 Å². The number of fused-ring (bicyclic) bond motifs is 1. The Morgan fingerprint density at radius 3 is 2.42 bits per heavy atom. The highest BCUT2D eigenvalue weighted by Crippen LogP contribution is 2.41. The number of ketones is 1. The van der Waals surface area contributed by atoms with E-state index in [9.17, 15) is 19.2 Å². The van der Waals surface area contributed by atoms with Gasteiger partial charge in [0, 0.05) is 16.1 Å². The molecule has 0 radical (unpaired) electrons. The molecule has 2 aromatic rings. The maximum absolute atomic E-state index is 13.5. The fraction of sp³-hybridized carbons (Fsp3) is 0.360. The Morgan fingerprint density at radius 1 is 1.03 bits per heavy atom. The van der Waals surface area contributed by atoms with Gasteiger partial charge in [0.25, 0.3) is 17.7 Å². The lowest BCUT2D eigenvalue weighted by Crippen LogP contribution is -2.52. The van der Waals surface area contributed by atoms with Crippen molar-refractivity contribution in [3.8, 4) is 5.75 Å². The number of nitrogens with zero attached hydrogens (tertiary/aromatic N) is 2. The van der Waals surface area contributed by atoms with Crippen LogP contribution in [0.5, 0.6) is 5.75 Å². The molecule has 8 heteroatoms. The lowest BCUT2D eigenvalue weighted by molar-refractivity contribution is -0.154. The summed E-state index contributed by atoms with van der Waals surface area (Å²) in [6.45, 7) is 1.60. The second-order valence-corrected chi connectivity index (χ2v) is 9.08. The fourth-order valence-electron chi connectivity index (χ4n) is 4.61. The molecule has 3 amide bonds. The molecule has 2 aliphatic rings. The Labute approximate surface area is 197 Å². The SMILES string of the molecule is COc1cccc(C(=O)CN(C(=O)c2ccc(Cl)cc2)N2C(=O)[C@H]3C[C@@H](C)CC[C@H]3C2=O)c1. The first-order chi connectivity index (χ1) is 15.8. The summed E-state index contributed by atoms with van der Waals surface area (Å²) in [6.07, 6.45) is 2.04. The number of hydrogen-bond acceptors (Lipinski definition) is 5. The molecule has 1 heterocycles. The lowest BCUT2D eigenvalue weighted by Gasteiger charge is -2.30. The summed E-state index contributed by atoms with van der Waals surface area (Å²) in [5.41, 5.74) is 0.537. The normalized spacial score (nSPS) is 22.2. The van der Waals surface area contributed by atoms with Crippen LogP contribution in [-0.2, 0) is 9.59 Å². The monoisotopic (exact) mass is 468 g/mol. The van der Waals surface area contributed by atoms with Crippen LogP contribution in [0, 0.1) is 17.8 Å². The van der Waals surface area contributed by atoms with Crippen LogP contribution < -0.4 is 4.74 Å². The summed E-state index contributed by atoms with van der Waals surface area (Å²) >= 11 is 5.95. The molecule has 1 aliphatic heterocycles. The maximum Gasteiger partial charge on any atom is 0.273 e. The Kier molecular flexibility index (Phi) is 6.51. The smallest absolute Gasteiger partial charge is 0.273 e. The van der Waals surface area contributed by atoms with E-state index in [0.717, 1.165) is 16.4 Å². The van der Waals surface area contributed by atoms with E-state index in [4.69, 9.17) is 16.3 Å². The molecule has 172 valence electrons. The third kappa shape index (κ3) is 4.50. The van der Waals surface area contributed by atoms with Gasteiger partial charge in [0.2, 0.25) is 0 Å². The van der Waals surface area contributed by atoms with Gasteiger partial charge in [-0.05, 0) is 61.6 Å². The zero-order valence-electron chi connectivity index (χ0n) is 18.5. The second-order valence-electron chi connectivity index (χ2n) is 8.64. The van der Waals surface area contributed by atoms with Gasteiger partial charge >= 0.3 is 0 Å². The molecule has 1 saturated carbocycles. The minimum absolute atomic E-state index is 0.224. The molecule has 0 spiro atoms. The van der Waals surface area contributed by atoms with E-state index in [1.54, 1.807) is 36.4 Å². The summed E-state index contributed by atoms with van der Waals surface area (Å²) in [6, 6.07) is 12.6. The predicted octanol–water partition coefficient (Wildman–Crippen LogP) is 4.01. The molecule has 0 bridgehead atoms. The van der Waals surface area contributed by atoms with E-state index in [-0.39, 0.29) is 5.56 Å². The molecule has 0 unspecified atom stereocenters. The first kappa shape index (κ1) is 23.0. The number of benzene rings is 2. The number of methoxy groups -OCH3 is 1. The number of carbonyl (C=O) groups is 4. The predicted molar refractivity (Wildman–Crippen MR) is 122 cm³/mol. The van der Waals surface area contributed by atoms with Crippen molar-refractivity contribution in [3.05, 3.63) is 64.7 Å². The van der Waals surface area contributed by atoms with Crippen LogP contribution in [0.1, 0.15) is 46.9 Å². The van der Waals surface area contributed by atoms with Gasteiger partial charge in [-0.1, -0.05) is 30.7 Å². The number of Topliss-reactive ketones (excluding diaryl/α,β-unsaturated/α-hetero) is 1. The maximum atomic E-state index is 13.5. The number of hydrazine groups is 1. The van der Waals surface area contributed by atoms with Crippen molar-refractivity contribution < 1.29 is 23.9 Å². The first-order valence-electron chi connectivity index (χ1n) is 10.9. The second kappa shape index (κ2) is 9.35. The summed E-state index contributed by atoms with van der Waals surface area (Å²) in [4.78, 5) is 53.2. The van der Waals surface area contributed by atoms with Crippen LogP contribution in [0.2, 0.25) is 5.02 Å². The topological polar surface area (TPSA) is 84.0 Å². The molecule has 33 heavy (non-hydrogen) atoms. The van der Waals surface area contributed by atoms with Crippen molar-refractivity contribution in [2.45, 2.75) is 26.2 Å². The Balaban J connectivity index is 1.69. The van der Waals surface area contributed by atoms with E-state index in [1.165, 1.54) is 19.2 Å². The Hall–Kier alpha value is -3.19. The standard InChI is InChI=1S/C25H25ClN2O5/c1-15-6-11-20-21(12-15)25(32)28(24(20)31)27(23(30)16-7-9-18(26)10-8-16)14-22(29)17-4-3-5-19(13-17)33-2/h3-5,7-10,13,15,20-21H,6,11-12,14H2,1-2H3/t15-,20+,21-/m0/s1. The number of carbonyl (C=O) groups excluding carboxylic acids is 4. The van der Waals surface area contributed by atoms with Crippen molar-refractivity contribution in [2.24, 2.45) is 17.8 Å². The van der Waals surface area contributed by atoms with Gasteiger partial charge in [-0.3, -0.25) is 19.2 Å². The number of hydrogen-bond donors (Lipinski definition) is 0. The van der Waals surface area contributed by atoms with E-state index >= 15 is 0 Å². The zero-order chi connectivity index (χ0) is 23.7. The highest BCUT2D eigenvalue weighted by atomic mass is 35.5. The largest absolute Gasteiger partial charge is 0.497 e. The third-order valence-electron chi connectivity index (χ3n) is 6.42. The van der Waals surface area contributed by atoms with Crippen LogP contribution in [0.4, 0.5) is 0 Å². The molecule has 0 aromatic heterocycles. The highest BCUT2D eigenvalue weighted by Gasteiger charge is 2.52. The van der Waals surface area contributed by atoms with Crippen molar-refractivity contribution in [1.29, 1.82) is 0 Å². The fourth-order valence-corrected chi connectivity index (χ4v) is 4.73. The summed E-state index contributed by atoms with van der Waals surface area (Å²) < 4.78 is 5.18. The molecule has 3 atom stereocenters. The average Bonchev–Trinajstić information content (AvgIpc) is 3.06. The number of imide groups is 1. The van der Waals surface area contributed by atoms with Crippen LogP contribution in [-0.4, -0.2) is 47.2 Å². The number of rotatable bonds is 6. The number of halogens is 1. The molecule has 0 N–H and O–H groups in total. The van der Waals surface area contributed by atoms with Gasteiger partial charge in [-0.15, -0.1) is 0 Å². The van der Waals surface area contributed by atoms with Gasteiger partial charge in [0.1, 0.15) is 12.3 Å². The van der Waals surface area contributed by atoms with Crippen molar-refractivity contribution in [1.82, 2.24) is 10.0 Å². The van der Waals surface area contributed by atoms with Gasteiger partial charge in [0.15, 0.2) is 5.78 Å². The Morgan fingerprint density at radius 2 is 1.73 bits per heavy atom. The van der Waals surface area contributed by atoms with E-state index in [2.05, 4.69) is 6.92 Å². The molecule has 1 saturated heterocycles. The third-order valence-corrected chi connectivity index (χ3v) is 6.67. The highest BCUT2D eigenvalue weighted by molar-refractivity contribution is 6.30. The van der Waals surface area contributed by atoms with Crippen LogP contribution in [0.15, 0.2) is 48.5 Å². The Bertz CT molecular complexity index is 1100. The number of ether oxygens (including phenoxy) is 1. The average molecular weight is 469 g/mol. The van der Waals surface area contributed by atoms with E-state index in [0.29, 0.717) is 35.1 Å². The van der Waals surface area contributed by atoms with Crippen LogP contribution in [0.25, 0.3) is 0 Å². The molecule has 2 aromatic carbocycles. The number of amides is 3. The van der Waals surface area contributed by atoms with E-state index in [1.807, 2.05) is 0 Å².